The molecule has 1 aromatic heterocycles. The van der Waals surface area contributed by atoms with E-state index >= 15 is 0 Å². The van der Waals surface area contributed by atoms with Crippen molar-refractivity contribution in [1.29, 1.82) is 0 Å². The van der Waals surface area contributed by atoms with Crippen molar-refractivity contribution in [2.45, 2.75) is 19.9 Å². The molecule has 0 aliphatic heterocycles. The van der Waals surface area contributed by atoms with E-state index in [1.807, 2.05) is 17.9 Å². The van der Waals surface area contributed by atoms with E-state index in [1.54, 1.807) is 0 Å². The maximum Gasteiger partial charge on any atom is 0.0610 e. The first kappa shape index (κ1) is 13.3. The van der Waals surface area contributed by atoms with E-state index in [2.05, 4.69) is 64.6 Å². The van der Waals surface area contributed by atoms with E-state index in [0.717, 1.165) is 11.0 Å². The van der Waals surface area contributed by atoms with Crippen LogP contribution >= 0.6 is 15.9 Å². The third-order valence-corrected chi connectivity index (χ3v) is 3.95. The van der Waals surface area contributed by atoms with E-state index < -0.39 is 0 Å². The van der Waals surface area contributed by atoms with Crippen molar-refractivity contribution in [2.75, 3.05) is 6.54 Å². The predicted molar refractivity (Wildman–Crippen MR) is 77.6 cm³/mol. The zero-order valence-corrected chi connectivity index (χ0v) is 12.5. The molecule has 0 spiro atoms. The van der Waals surface area contributed by atoms with Gasteiger partial charge >= 0.3 is 0 Å². The van der Waals surface area contributed by atoms with E-state index in [4.69, 9.17) is 0 Å². The van der Waals surface area contributed by atoms with E-state index in [1.165, 1.54) is 16.7 Å². The van der Waals surface area contributed by atoms with Crippen LogP contribution in [-0.4, -0.2) is 16.3 Å². The summed E-state index contributed by atoms with van der Waals surface area (Å²) in [5.74, 6) is 0. The van der Waals surface area contributed by atoms with Gasteiger partial charge in [-0.05, 0) is 30.7 Å². The van der Waals surface area contributed by atoms with Gasteiger partial charge in [0.1, 0.15) is 0 Å². The molecular formula is C14H18BrN3. The maximum absolute atomic E-state index is 4.26. The summed E-state index contributed by atoms with van der Waals surface area (Å²) in [6.45, 7) is 5.18. The molecule has 0 fully saturated rings. The minimum absolute atomic E-state index is 0.196. The standard InChI is InChI=1S/C14H18BrN3/c1-4-16-14(11-8-17-18(3)9-11)12-6-5-7-13(15)10(12)2/h5-9,14,16H,4H2,1-3H3. The highest BCUT2D eigenvalue weighted by atomic mass is 79.9. The Morgan fingerprint density at radius 2 is 2.22 bits per heavy atom. The van der Waals surface area contributed by atoms with Crippen LogP contribution in [0, 0.1) is 6.92 Å². The summed E-state index contributed by atoms with van der Waals surface area (Å²) >= 11 is 3.59. The lowest BCUT2D eigenvalue weighted by molar-refractivity contribution is 0.626. The van der Waals surface area contributed by atoms with Crippen LogP contribution in [0.4, 0.5) is 0 Å². The Morgan fingerprint density at radius 3 is 2.83 bits per heavy atom. The molecule has 1 aromatic carbocycles. The molecule has 2 rings (SSSR count). The minimum Gasteiger partial charge on any atom is -0.306 e. The zero-order chi connectivity index (χ0) is 13.1. The van der Waals surface area contributed by atoms with Gasteiger partial charge in [0.2, 0.25) is 0 Å². The molecule has 3 nitrogen and oxygen atoms in total. The number of hydrogen-bond acceptors (Lipinski definition) is 2. The molecule has 0 radical (unpaired) electrons. The molecule has 0 aliphatic carbocycles. The Balaban J connectivity index is 2.44. The van der Waals surface area contributed by atoms with E-state index in [-0.39, 0.29) is 6.04 Å². The van der Waals surface area contributed by atoms with Crippen LogP contribution in [0.2, 0.25) is 0 Å². The normalized spacial score (nSPS) is 12.7. The highest BCUT2D eigenvalue weighted by molar-refractivity contribution is 9.10. The van der Waals surface area contributed by atoms with Crippen LogP contribution < -0.4 is 5.32 Å². The van der Waals surface area contributed by atoms with E-state index in [9.17, 15) is 0 Å². The number of hydrogen-bond donors (Lipinski definition) is 1. The first-order valence-corrected chi connectivity index (χ1v) is 6.89. The van der Waals surface area contributed by atoms with Crippen molar-refractivity contribution in [2.24, 2.45) is 7.05 Å². The fourth-order valence-corrected chi connectivity index (χ4v) is 2.52. The van der Waals surface area contributed by atoms with Crippen molar-refractivity contribution in [3.8, 4) is 0 Å². The van der Waals surface area contributed by atoms with Crippen LogP contribution in [0.15, 0.2) is 35.1 Å². The number of aryl methyl sites for hydroxylation is 1. The molecule has 96 valence electrons. The number of aromatic nitrogens is 2. The van der Waals surface area contributed by atoms with Gasteiger partial charge in [0.15, 0.2) is 0 Å². The number of nitrogens with zero attached hydrogens (tertiary/aromatic N) is 2. The van der Waals surface area contributed by atoms with Gasteiger partial charge in [-0.2, -0.15) is 5.10 Å². The van der Waals surface area contributed by atoms with Gasteiger partial charge < -0.3 is 5.32 Å². The van der Waals surface area contributed by atoms with E-state index in [0.29, 0.717) is 0 Å². The molecule has 0 aliphatic rings. The summed E-state index contributed by atoms with van der Waals surface area (Å²) in [5.41, 5.74) is 3.76. The summed E-state index contributed by atoms with van der Waals surface area (Å²) in [7, 11) is 1.94. The SMILES string of the molecule is CCNC(c1cnn(C)c1)c1cccc(Br)c1C. The van der Waals surface area contributed by atoms with Crippen LogP contribution in [0.5, 0.6) is 0 Å². The zero-order valence-electron chi connectivity index (χ0n) is 10.9. The third kappa shape index (κ3) is 2.65. The number of nitrogens with one attached hydrogen (secondary N) is 1. The molecular weight excluding hydrogens is 290 g/mol. The van der Waals surface area contributed by atoms with Crippen molar-refractivity contribution in [3.05, 3.63) is 51.8 Å². The highest BCUT2D eigenvalue weighted by Crippen LogP contribution is 2.28. The molecule has 2 aromatic rings. The summed E-state index contributed by atoms with van der Waals surface area (Å²) in [6, 6.07) is 6.51. The second kappa shape index (κ2) is 5.67. The molecule has 0 saturated heterocycles. The topological polar surface area (TPSA) is 29.9 Å². The predicted octanol–water partition coefficient (Wildman–Crippen LogP) is 3.19. The molecule has 1 unspecified atom stereocenters. The lowest BCUT2D eigenvalue weighted by atomic mass is 9.97. The molecule has 0 saturated carbocycles. The Labute approximate surface area is 116 Å². The van der Waals surface area contributed by atoms with Gasteiger partial charge in [-0.1, -0.05) is 35.0 Å². The van der Waals surface area contributed by atoms with Gasteiger partial charge in [-0.3, -0.25) is 4.68 Å². The Hall–Kier alpha value is -1.13. The summed E-state index contributed by atoms with van der Waals surface area (Å²) in [5, 5.41) is 7.78. The second-order valence-corrected chi connectivity index (χ2v) is 5.25. The van der Waals surface area contributed by atoms with Crippen LogP contribution in [0.1, 0.15) is 29.7 Å². The van der Waals surface area contributed by atoms with Crippen molar-refractivity contribution in [3.63, 3.8) is 0 Å². The van der Waals surface area contributed by atoms with Crippen LogP contribution in [0.3, 0.4) is 0 Å². The van der Waals surface area contributed by atoms with Crippen molar-refractivity contribution in [1.82, 2.24) is 15.1 Å². The molecule has 0 bridgehead atoms. The smallest absolute Gasteiger partial charge is 0.0610 e. The molecule has 18 heavy (non-hydrogen) atoms. The van der Waals surface area contributed by atoms with Gasteiger partial charge in [0.05, 0.1) is 12.2 Å². The summed E-state index contributed by atoms with van der Waals surface area (Å²) in [6.07, 6.45) is 3.99. The average Bonchev–Trinajstić information content (AvgIpc) is 2.77. The molecule has 1 heterocycles. The largest absolute Gasteiger partial charge is 0.306 e. The Bertz CT molecular complexity index is 534. The monoisotopic (exact) mass is 307 g/mol. The summed E-state index contributed by atoms with van der Waals surface area (Å²) in [4.78, 5) is 0. The van der Waals surface area contributed by atoms with Crippen molar-refractivity contribution < 1.29 is 0 Å². The lowest BCUT2D eigenvalue weighted by Crippen LogP contribution is -2.22. The molecule has 4 heteroatoms. The van der Waals surface area contributed by atoms with Crippen LogP contribution in [-0.2, 0) is 7.05 Å². The van der Waals surface area contributed by atoms with Gasteiger partial charge in [0, 0.05) is 23.3 Å². The highest BCUT2D eigenvalue weighted by Gasteiger charge is 2.17. The van der Waals surface area contributed by atoms with Gasteiger partial charge in [-0.15, -0.1) is 0 Å². The third-order valence-electron chi connectivity index (χ3n) is 3.09. The van der Waals surface area contributed by atoms with Gasteiger partial charge in [-0.25, -0.2) is 0 Å². The fourth-order valence-electron chi connectivity index (χ4n) is 2.14. The second-order valence-electron chi connectivity index (χ2n) is 4.39. The molecule has 0 amide bonds. The number of halogens is 1. The molecule has 1 N–H and O–H groups in total. The Morgan fingerprint density at radius 1 is 1.44 bits per heavy atom. The minimum atomic E-state index is 0.196. The first-order valence-electron chi connectivity index (χ1n) is 6.10. The Kier molecular flexibility index (Phi) is 4.19. The quantitative estimate of drug-likeness (QED) is 0.940. The first-order chi connectivity index (χ1) is 8.63. The van der Waals surface area contributed by atoms with Crippen molar-refractivity contribution >= 4 is 15.9 Å². The molecule has 1 atom stereocenters. The average molecular weight is 308 g/mol. The maximum atomic E-state index is 4.26. The number of benzene rings is 1. The van der Waals surface area contributed by atoms with Crippen LogP contribution in [0.25, 0.3) is 0 Å². The number of rotatable bonds is 4. The summed E-state index contributed by atoms with van der Waals surface area (Å²) < 4.78 is 2.99. The fraction of sp³-hybridized carbons (Fsp3) is 0.357. The lowest BCUT2D eigenvalue weighted by Gasteiger charge is -2.19. The van der Waals surface area contributed by atoms with Gasteiger partial charge in [0.25, 0.3) is 0 Å².